The van der Waals surface area contributed by atoms with Crippen LogP contribution < -0.4 is 0 Å². The number of nitrogens with zero attached hydrogens (tertiary/aromatic N) is 3. The average Bonchev–Trinajstić information content (AvgIpc) is 3.04. The van der Waals surface area contributed by atoms with Crippen molar-refractivity contribution in [2.24, 2.45) is 11.8 Å². The van der Waals surface area contributed by atoms with Crippen LogP contribution in [0, 0.1) is 18.3 Å². The molecule has 0 bridgehead atoms. The molecular formula is C21H39N3Ti. The van der Waals surface area contributed by atoms with Crippen LogP contribution in [0.4, 0.5) is 0 Å². The molecule has 1 fully saturated rings. The second-order valence-corrected chi connectivity index (χ2v) is 5.22. The molecule has 0 radical (unpaired) electrons. The predicted molar refractivity (Wildman–Crippen MR) is 114 cm³/mol. The molecular weight excluding hydrogens is 342 g/mol. The van der Waals surface area contributed by atoms with Crippen LogP contribution in [0.5, 0.6) is 0 Å². The van der Waals surface area contributed by atoms with E-state index in [0.717, 1.165) is 11.8 Å². The number of hydrogen-bond donors (Lipinski definition) is 0. The van der Waals surface area contributed by atoms with Gasteiger partial charge in [-0.2, -0.15) is 48.7 Å². The van der Waals surface area contributed by atoms with Crippen molar-refractivity contribution in [1.82, 2.24) is 0 Å². The zero-order chi connectivity index (χ0) is 19.1. The minimum Gasteiger partial charge on any atom is -0.668 e. The summed E-state index contributed by atoms with van der Waals surface area (Å²) in [4.78, 5) is 0. The Labute approximate surface area is 173 Å². The Morgan fingerprint density at radius 2 is 1.20 bits per heavy atom. The first-order valence-corrected chi connectivity index (χ1v) is 8.49. The van der Waals surface area contributed by atoms with Crippen molar-refractivity contribution in [2.75, 3.05) is 42.3 Å². The molecule has 2 aliphatic carbocycles. The van der Waals surface area contributed by atoms with Gasteiger partial charge < -0.3 is 22.4 Å². The molecule has 1 saturated carbocycles. The standard InChI is InChI=1S/C9H11.C6H10.3C2H6N.Ti/c1-2-5-9-7-3-6-8(9)4-1;1-3-5-6-4-2;3*1-3-2;/h1-2,4-6,8-9H,3,7H2;3-6H,1-2H3;3*1-2H3;/q-1;;3*-1;+4. The van der Waals surface area contributed by atoms with E-state index in [2.05, 4.69) is 46.7 Å². The molecule has 2 aliphatic rings. The van der Waals surface area contributed by atoms with E-state index in [9.17, 15) is 0 Å². The molecule has 0 aromatic rings. The first-order chi connectivity index (χ1) is 11.6. The Bertz CT molecular complexity index is 290. The molecule has 0 amide bonds. The Balaban J connectivity index is -0.000000122. The van der Waals surface area contributed by atoms with Crippen LogP contribution in [-0.4, -0.2) is 42.3 Å². The van der Waals surface area contributed by atoms with Crippen LogP contribution in [0.3, 0.4) is 0 Å². The van der Waals surface area contributed by atoms with E-state index in [1.165, 1.54) is 12.8 Å². The van der Waals surface area contributed by atoms with Crippen molar-refractivity contribution >= 4 is 0 Å². The second kappa shape index (κ2) is 31.3. The van der Waals surface area contributed by atoms with E-state index >= 15 is 0 Å². The molecule has 0 aromatic heterocycles. The van der Waals surface area contributed by atoms with Crippen molar-refractivity contribution in [3.8, 4) is 0 Å². The van der Waals surface area contributed by atoms with Crippen LogP contribution in [0.2, 0.25) is 0 Å². The van der Waals surface area contributed by atoms with Gasteiger partial charge >= 0.3 is 21.7 Å². The van der Waals surface area contributed by atoms with Gasteiger partial charge in [-0.25, -0.2) is 0 Å². The second-order valence-electron chi connectivity index (χ2n) is 5.22. The van der Waals surface area contributed by atoms with Crippen molar-refractivity contribution in [2.45, 2.75) is 26.7 Å². The van der Waals surface area contributed by atoms with Gasteiger partial charge in [0.05, 0.1) is 0 Å². The number of hydrogen-bond acceptors (Lipinski definition) is 0. The van der Waals surface area contributed by atoms with Gasteiger partial charge in [0.25, 0.3) is 0 Å². The van der Waals surface area contributed by atoms with Crippen molar-refractivity contribution in [3.05, 3.63) is 71.0 Å². The summed E-state index contributed by atoms with van der Waals surface area (Å²) < 4.78 is 0. The molecule has 25 heavy (non-hydrogen) atoms. The monoisotopic (exact) mass is 381 g/mol. The van der Waals surface area contributed by atoms with Gasteiger partial charge in [-0.15, -0.1) is 12.0 Å². The first kappa shape index (κ1) is 32.2. The maximum Gasteiger partial charge on any atom is 4.00 e. The molecule has 3 nitrogen and oxygen atoms in total. The molecule has 2 rings (SSSR count). The van der Waals surface area contributed by atoms with E-state index in [1.54, 1.807) is 42.3 Å². The maximum atomic E-state index is 3.50. The molecule has 4 heteroatoms. The van der Waals surface area contributed by atoms with Crippen LogP contribution >= 0.6 is 0 Å². The fourth-order valence-corrected chi connectivity index (χ4v) is 1.92. The maximum absolute atomic E-state index is 3.50. The van der Waals surface area contributed by atoms with E-state index in [4.69, 9.17) is 0 Å². The number of fused-ring (bicyclic) bond motifs is 1. The summed E-state index contributed by atoms with van der Waals surface area (Å²) in [7, 11) is 10.5. The molecule has 2 atom stereocenters. The first-order valence-electron chi connectivity index (χ1n) is 8.49. The Hall–Kier alpha value is -0.446. The van der Waals surface area contributed by atoms with Crippen LogP contribution in [0.15, 0.2) is 48.6 Å². The fourth-order valence-electron chi connectivity index (χ4n) is 1.92. The van der Waals surface area contributed by atoms with Crippen molar-refractivity contribution in [3.63, 3.8) is 0 Å². The van der Waals surface area contributed by atoms with E-state index in [1.807, 2.05) is 38.2 Å². The molecule has 0 N–H and O–H groups in total. The Morgan fingerprint density at radius 1 is 0.800 bits per heavy atom. The van der Waals surface area contributed by atoms with Crippen molar-refractivity contribution in [1.29, 1.82) is 0 Å². The molecule has 0 saturated heterocycles. The summed E-state index contributed by atoms with van der Waals surface area (Å²) in [6.07, 6.45) is 22.1. The number of rotatable bonds is 1. The molecule has 2 unspecified atom stereocenters. The van der Waals surface area contributed by atoms with Gasteiger partial charge in [0.1, 0.15) is 0 Å². The third kappa shape index (κ3) is 28.6. The summed E-state index contributed by atoms with van der Waals surface area (Å²) in [5, 5.41) is 10.5. The van der Waals surface area contributed by atoms with Gasteiger partial charge in [0.15, 0.2) is 0 Å². The summed E-state index contributed by atoms with van der Waals surface area (Å²) in [6.45, 7) is 4.00. The van der Waals surface area contributed by atoms with Gasteiger partial charge in [0.2, 0.25) is 0 Å². The largest absolute Gasteiger partial charge is 4.00 e. The predicted octanol–water partition coefficient (Wildman–Crippen LogP) is 6.34. The molecule has 0 aromatic carbocycles. The minimum atomic E-state index is 0. The van der Waals surface area contributed by atoms with Crippen LogP contribution in [0.25, 0.3) is 16.0 Å². The molecule has 142 valence electrons. The molecule has 0 heterocycles. The van der Waals surface area contributed by atoms with E-state index < -0.39 is 0 Å². The van der Waals surface area contributed by atoms with E-state index in [0.29, 0.717) is 0 Å². The van der Waals surface area contributed by atoms with Gasteiger partial charge in [-0.1, -0.05) is 49.0 Å². The van der Waals surface area contributed by atoms with Crippen LogP contribution in [0.1, 0.15) is 26.7 Å². The SMILES string of the molecule is C1=CC2[CH-]CCC2C=C1.CC=CC=CC.C[N-]C.C[N-]C.C[N-]C.[Ti+4]. The summed E-state index contributed by atoms with van der Waals surface area (Å²) in [5.41, 5.74) is 0. The summed E-state index contributed by atoms with van der Waals surface area (Å²) in [6, 6.07) is 0. The zero-order valence-electron chi connectivity index (χ0n) is 17.6. The summed E-state index contributed by atoms with van der Waals surface area (Å²) >= 11 is 0. The van der Waals surface area contributed by atoms with E-state index in [-0.39, 0.29) is 21.7 Å². The third-order valence-corrected chi connectivity index (χ3v) is 2.73. The topological polar surface area (TPSA) is 42.3 Å². The average molecular weight is 381 g/mol. The van der Waals surface area contributed by atoms with Crippen molar-refractivity contribution < 1.29 is 21.7 Å². The van der Waals surface area contributed by atoms with Gasteiger partial charge in [-0.05, 0) is 19.8 Å². The normalized spacial score (nSPS) is 19.0. The summed E-state index contributed by atoms with van der Waals surface area (Å²) in [5.74, 6) is 1.62. The van der Waals surface area contributed by atoms with Gasteiger partial charge in [0, 0.05) is 0 Å². The van der Waals surface area contributed by atoms with Gasteiger partial charge in [-0.3, -0.25) is 0 Å². The fraction of sp³-hybridized carbons (Fsp3) is 0.571. The smallest absolute Gasteiger partial charge is 0.668 e. The Morgan fingerprint density at radius 3 is 1.56 bits per heavy atom. The number of allylic oxidation sites excluding steroid dienone is 8. The van der Waals surface area contributed by atoms with Crippen LogP contribution in [-0.2, 0) is 21.7 Å². The Kier molecular flexibility index (Phi) is 40.4. The quantitative estimate of drug-likeness (QED) is 0.289. The zero-order valence-corrected chi connectivity index (χ0v) is 19.2. The molecule has 0 aliphatic heterocycles. The minimum absolute atomic E-state index is 0. The molecule has 0 spiro atoms. The third-order valence-electron chi connectivity index (χ3n) is 2.73.